The van der Waals surface area contributed by atoms with E-state index in [-0.39, 0.29) is 0 Å². The van der Waals surface area contributed by atoms with E-state index in [9.17, 15) is 0 Å². The molecule has 0 fully saturated rings. The van der Waals surface area contributed by atoms with Gasteiger partial charge in [-0.2, -0.15) is 0 Å². The summed E-state index contributed by atoms with van der Waals surface area (Å²) >= 11 is 3.80. The third-order valence-corrected chi connectivity index (χ3v) is 6.31. The van der Waals surface area contributed by atoms with Crippen LogP contribution >= 0.6 is 23.9 Å². The zero-order chi connectivity index (χ0) is 17.5. The number of rotatable bonds is 8. The Labute approximate surface area is 155 Å². The number of hydrogen-bond acceptors (Lipinski definition) is 4. The summed E-state index contributed by atoms with van der Waals surface area (Å²) < 4.78 is 5.22. The molecule has 0 aliphatic heterocycles. The van der Waals surface area contributed by atoms with Gasteiger partial charge in [-0.05, 0) is 82.8 Å². The number of para-hydroxylation sites is 2. The van der Waals surface area contributed by atoms with Gasteiger partial charge in [-0.25, -0.2) is 0 Å². The van der Waals surface area contributed by atoms with E-state index in [4.69, 9.17) is 0 Å². The van der Waals surface area contributed by atoms with Crippen molar-refractivity contribution in [3.63, 3.8) is 0 Å². The molecule has 0 radical (unpaired) electrons. The Kier molecular flexibility index (Phi) is 7.38. The summed E-state index contributed by atoms with van der Waals surface area (Å²) in [6, 6.07) is 22.2. The molecule has 0 saturated heterocycles. The van der Waals surface area contributed by atoms with Gasteiger partial charge in [0, 0.05) is 23.5 Å². The summed E-state index contributed by atoms with van der Waals surface area (Å²) in [5, 5.41) is 0. The summed E-state index contributed by atoms with van der Waals surface area (Å²) in [5.41, 5.74) is 2.53. The summed E-state index contributed by atoms with van der Waals surface area (Å²) in [6.07, 6.45) is 0. The molecule has 2 aromatic rings. The van der Waals surface area contributed by atoms with Gasteiger partial charge < -0.3 is 8.61 Å². The lowest BCUT2D eigenvalue weighted by molar-refractivity contribution is 0.831. The normalized spacial score (nSPS) is 11.3. The molecule has 0 aliphatic rings. The predicted octanol–water partition coefficient (Wildman–Crippen LogP) is 6.46. The Morgan fingerprint density at radius 2 is 0.917 bits per heavy atom. The maximum Gasteiger partial charge on any atom is 0.0873 e. The lowest BCUT2D eigenvalue weighted by Gasteiger charge is -2.34. The van der Waals surface area contributed by atoms with Crippen LogP contribution < -0.4 is 8.61 Å². The molecule has 0 atom stereocenters. The van der Waals surface area contributed by atoms with Gasteiger partial charge in [0.25, 0.3) is 0 Å². The predicted molar refractivity (Wildman–Crippen MR) is 113 cm³/mol. The minimum atomic E-state index is 0.412. The maximum absolute atomic E-state index is 2.40. The van der Waals surface area contributed by atoms with E-state index in [1.54, 1.807) is 0 Å². The van der Waals surface area contributed by atoms with Gasteiger partial charge in [-0.15, -0.1) is 0 Å². The first-order chi connectivity index (χ1) is 11.5. The minimum Gasteiger partial charge on any atom is -0.313 e. The van der Waals surface area contributed by atoms with Crippen molar-refractivity contribution in [3.05, 3.63) is 60.7 Å². The van der Waals surface area contributed by atoms with Crippen molar-refractivity contribution in [2.45, 2.75) is 51.3 Å². The van der Waals surface area contributed by atoms with Gasteiger partial charge in [-0.1, -0.05) is 36.4 Å². The van der Waals surface area contributed by atoms with Crippen LogP contribution in [0.3, 0.4) is 0 Å². The molecule has 0 bridgehead atoms. The molecule has 2 rings (SSSR count). The van der Waals surface area contributed by atoms with Crippen LogP contribution in [0.4, 0.5) is 11.4 Å². The van der Waals surface area contributed by atoms with Gasteiger partial charge >= 0.3 is 0 Å². The highest BCUT2D eigenvalue weighted by molar-refractivity contribution is 8.18. The van der Waals surface area contributed by atoms with Crippen LogP contribution in [0.5, 0.6) is 0 Å². The third-order valence-electron chi connectivity index (χ3n) is 3.48. The molecular formula is C20H28N2S2. The van der Waals surface area contributed by atoms with E-state index in [1.165, 1.54) is 11.4 Å². The molecule has 0 saturated carbocycles. The molecule has 0 aromatic heterocycles. The van der Waals surface area contributed by atoms with E-state index in [1.807, 2.05) is 23.9 Å². The Balaban J connectivity index is 2.08. The second-order valence-electron chi connectivity index (χ2n) is 6.29. The fraction of sp³-hybridized carbons (Fsp3) is 0.400. The minimum absolute atomic E-state index is 0.412. The number of benzene rings is 2. The van der Waals surface area contributed by atoms with Crippen molar-refractivity contribution in [1.29, 1.82) is 0 Å². The highest BCUT2D eigenvalue weighted by Gasteiger charge is 2.20. The van der Waals surface area contributed by atoms with E-state index in [2.05, 4.69) is 104 Å². The fourth-order valence-electron chi connectivity index (χ4n) is 2.45. The van der Waals surface area contributed by atoms with Crippen LogP contribution in [0.25, 0.3) is 0 Å². The van der Waals surface area contributed by atoms with E-state index >= 15 is 0 Å². The van der Waals surface area contributed by atoms with Gasteiger partial charge in [0.2, 0.25) is 0 Å². The van der Waals surface area contributed by atoms with Gasteiger partial charge in [0.1, 0.15) is 0 Å². The third kappa shape index (κ3) is 5.38. The largest absolute Gasteiger partial charge is 0.313 e. The molecule has 0 amide bonds. The van der Waals surface area contributed by atoms with Crippen molar-refractivity contribution in [2.75, 3.05) is 8.61 Å². The fourth-order valence-corrected chi connectivity index (χ4v) is 4.77. The van der Waals surface area contributed by atoms with Crippen LogP contribution in [0.1, 0.15) is 34.6 Å². The topological polar surface area (TPSA) is 6.48 Å². The van der Waals surface area contributed by atoms with Crippen molar-refractivity contribution in [2.24, 2.45) is 0 Å². The lowest BCUT2D eigenvalue weighted by Crippen LogP contribution is -2.29. The van der Waals surface area contributed by atoms with Crippen LogP contribution in [0.2, 0.25) is 0 Å². The second kappa shape index (κ2) is 9.28. The van der Waals surface area contributed by atoms with Crippen LogP contribution in [0.15, 0.2) is 60.7 Å². The second-order valence-corrected chi connectivity index (χ2v) is 9.21. The van der Waals surface area contributed by atoms with Gasteiger partial charge in [-0.3, -0.25) is 0 Å². The molecular weight excluding hydrogens is 332 g/mol. The van der Waals surface area contributed by atoms with Crippen LogP contribution in [-0.4, -0.2) is 16.7 Å². The Hall–Kier alpha value is -1.26. The summed E-state index contributed by atoms with van der Waals surface area (Å²) in [6.45, 7) is 11.3. The Bertz CT molecular complexity index is 534. The molecule has 0 aliphatic carbocycles. The SMILES string of the molecule is CC(SN(c1ccccc1)C(C)C)SN(c1ccccc1)C(C)C. The smallest absolute Gasteiger partial charge is 0.0873 e. The Morgan fingerprint density at radius 1 is 0.583 bits per heavy atom. The molecule has 2 nitrogen and oxygen atoms in total. The van der Waals surface area contributed by atoms with E-state index < -0.39 is 0 Å². The van der Waals surface area contributed by atoms with Crippen molar-refractivity contribution >= 4 is 35.3 Å². The Morgan fingerprint density at radius 3 is 1.21 bits per heavy atom. The average molecular weight is 361 g/mol. The molecule has 4 heteroatoms. The van der Waals surface area contributed by atoms with Crippen molar-refractivity contribution < 1.29 is 0 Å². The highest BCUT2D eigenvalue weighted by Crippen LogP contribution is 2.37. The van der Waals surface area contributed by atoms with Crippen LogP contribution in [-0.2, 0) is 0 Å². The first-order valence-electron chi connectivity index (χ1n) is 8.51. The quantitative estimate of drug-likeness (QED) is 0.393. The number of anilines is 2. The van der Waals surface area contributed by atoms with E-state index in [0.717, 1.165) is 0 Å². The van der Waals surface area contributed by atoms with E-state index in [0.29, 0.717) is 16.7 Å². The zero-order valence-electron chi connectivity index (χ0n) is 15.2. The van der Waals surface area contributed by atoms with Gasteiger partial charge in [0.15, 0.2) is 0 Å². The molecule has 2 aromatic carbocycles. The molecule has 130 valence electrons. The average Bonchev–Trinajstić information content (AvgIpc) is 2.58. The summed E-state index contributed by atoms with van der Waals surface area (Å²) in [4.78, 5) is 0. The molecule has 0 unspecified atom stereocenters. The zero-order valence-corrected chi connectivity index (χ0v) is 16.8. The highest BCUT2D eigenvalue weighted by atomic mass is 32.2. The molecule has 0 N–H and O–H groups in total. The summed E-state index contributed by atoms with van der Waals surface area (Å²) in [7, 11) is 0. The molecule has 0 heterocycles. The van der Waals surface area contributed by atoms with Gasteiger partial charge in [0.05, 0.1) is 4.58 Å². The standard InChI is InChI=1S/C20H28N2S2/c1-16(2)21(19-12-8-6-9-13-19)23-18(5)24-22(17(3)4)20-14-10-7-11-15-20/h6-18H,1-5H3. The maximum atomic E-state index is 2.40. The van der Waals surface area contributed by atoms with Crippen molar-refractivity contribution in [3.8, 4) is 0 Å². The molecule has 0 spiro atoms. The first kappa shape index (κ1) is 19.1. The lowest BCUT2D eigenvalue weighted by atomic mass is 10.3. The first-order valence-corrected chi connectivity index (χ1v) is 10.2. The number of hydrogen-bond donors (Lipinski definition) is 0. The van der Waals surface area contributed by atoms with Crippen LogP contribution in [0, 0.1) is 0 Å². The summed E-state index contributed by atoms with van der Waals surface area (Å²) in [5.74, 6) is 0. The monoisotopic (exact) mass is 360 g/mol. The van der Waals surface area contributed by atoms with Crippen molar-refractivity contribution in [1.82, 2.24) is 0 Å². The molecule has 24 heavy (non-hydrogen) atoms. The number of nitrogens with zero attached hydrogens (tertiary/aromatic N) is 2.